The number of carbonyl (C=O) groups is 6. The molecule has 0 aromatic rings. The minimum Gasteiger partial charge on any atom is -0.480 e. The standard InChI is InChI=1S/C30H32O16/c31-19-15(20(32)40-27(39-19)7-3-1-4-8-27)17-23(35)43-29(44-24(17)36)11-13-30(14-12-29)45-25(37)18(26(38)46-30)16-21(33)41-28(42-22(16)34)9-5-2-6-10-28/h15-16,35,37H,1-14H2. The van der Waals surface area contributed by atoms with E-state index in [1.54, 1.807) is 0 Å². The minimum atomic E-state index is -1.92. The average molecular weight is 649 g/mol. The van der Waals surface area contributed by atoms with E-state index in [0.717, 1.165) is 12.8 Å². The van der Waals surface area contributed by atoms with Gasteiger partial charge in [-0.15, -0.1) is 0 Å². The van der Waals surface area contributed by atoms with Crippen LogP contribution in [0.2, 0.25) is 0 Å². The van der Waals surface area contributed by atoms with Crippen LogP contribution in [-0.2, 0) is 66.7 Å². The molecule has 4 spiro atoms. The summed E-state index contributed by atoms with van der Waals surface area (Å²) in [6.07, 6.45) is 4.82. The van der Waals surface area contributed by atoms with Gasteiger partial charge in [-0.25, -0.2) is 9.59 Å². The number of hydrogen-bond acceptors (Lipinski definition) is 16. The number of aliphatic hydroxyl groups excluding tert-OH is 2. The van der Waals surface area contributed by atoms with E-state index in [2.05, 4.69) is 0 Å². The SMILES string of the molecule is O=C1OC2(CCC3(CC2)OC(=O)C(C2C(=O)OC4(CCCCC4)OC2=O)=C(O)O3)OC(O)=C1C1C(=O)OC2(CCCCC2)OC1=O. The predicted octanol–water partition coefficient (Wildman–Crippen LogP) is 2.39. The largest absolute Gasteiger partial charge is 0.480 e. The van der Waals surface area contributed by atoms with Crippen molar-refractivity contribution in [2.75, 3.05) is 0 Å². The van der Waals surface area contributed by atoms with Crippen molar-refractivity contribution in [3.63, 3.8) is 0 Å². The summed E-state index contributed by atoms with van der Waals surface area (Å²) in [4.78, 5) is 77.7. The molecule has 0 unspecified atom stereocenters. The van der Waals surface area contributed by atoms with Crippen LogP contribution in [0.1, 0.15) is 89.9 Å². The molecule has 248 valence electrons. The lowest BCUT2D eigenvalue weighted by atomic mass is 9.86. The van der Waals surface area contributed by atoms with E-state index in [4.69, 9.17) is 37.9 Å². The third-order valence-electron chi connectivity index (χ3n) is 9.69. The van der Waals surface area contributed by atoms with Crippen molar-refractivity contribution < 1.29 is 76.9 Å². The molecule has 46 heavy (non-hydrogen) atoms. The third-order valence-corrected chi connectivity index (χ3v) is 9.69. The second kappa shape index (κ2) is 10.5. The summed E-state index contributed by atoms with van der Waals surface area (Å²) in [5.41, 5.74) is -1.53. The molecule has 4 heterocycles. The van der Waals surface area contributed by atoms with Gasteiger partial charge in [0.15, 0.2) is 11.8 Å². The molecule has 5 fully saturated rings. The van der Waals surface area contributed by atoms with Gasteiger partial charge < -0.3 is 48.1 Å². The summed E-state index contributed by atoms with van der Waals surface area (Å²) >= 11 is 0. The van der Waals surface area contributed by atoms with E-state index in [1.807, 2.05) is 0 Å². The Hall–Kier alpha value is -4.50. The molecule has 7 rings (SSSR count). The van der Waals surface area contributed by atoms with Crippen LogP contribution in [0.5, 0.6) is 0 Å². The molecule has 2 saturated heterocycles. The molecule has 0 amide bonds. The first kappa shape index (κ1) is 30.2. The van der Waals surface area contributed by atoms with Crippen molar-refractivity contribution in [2.45, 2.75) is 113 Å². The van der Waals surface area contributed by atoms with Gasteiger partial charge in [0.1, 0.15) is 11.1 Å². The van der Waals surface area contributed by atoms with Gasteiger partial charge in [-0.1, -0.05) is 12.8 Å². The van der Waals surface area contributed by atoms with Crippen molar-refractivity contribution >= 4 is 35.8 Å². The summed E-state index contributed by atoms with van der Waals surface area (Å²) in [7, 11) is 0. The molecule has 16 heteroatoms. The summed E-state index contributed by atoms with van der Waals surface area (Å²) in [6, 6.07) is 0. The van der Waals surface area contributed by atoms with Gasteiger partial charge in [0.05, 0.1) is 0 Å². The van der Waals surface area contributed by atoms with Crippen molar-refractivity contribution in [1.82, 2.24) is 0 Å². The van der Waals surface area contributed by atoms with Crippen molar-refractivity contribution in [1.29, 1.82) is 0 Å². The Morgan fingerprint density at radius 3 is 0.957 bits per heavy atom. The Balaban J connectivity index is 1.04. The molecule has 0 aromatic carbocycles. The number of rotatable bonds is 2. The number of esters is 6. The Kier molecular flexibility index (Phi) is 6.90. The van der Waals surface area contributed by atoms with Crippen LogP contribution < -0.4 is 0 Å². The molecular formula is C30H32O16. The summed E-state index contributed by atoms with van der Waals surface area (Å²) in [5, 5.41) is 21.5. The second-order valence-corrected chi connectivity index (χ2v) is 12.7. The fourth-order valence-electron chi connectivity index (χ4n) is 7.29. The number of hydrogen-bond donors (Lipinski definition) is 2. The van der Waals surface area contributed by atoms with Gasteiger partial charge in [0.25, 0.3) is 35.0 Å². The summed E-state index contributed by atoms with van der Waals surface area (Å²) in [5.74, 6) is -19.0. The highest BCUT2D eigenvalue weighted by Gasteiger charge is 2.61. The molecule has 0 aromatic heterocycles. The van der Waals surface area contributed by atoms with Crippen molar-refractivity contribution in [3.05, 3.63) is 23.0 Å². The first-order chi connectivity index (χ1) is 21.9. The predicted molar refractivity (Wildman–Crippen MR) is 141 cm³/mol. The van der Waals surface area contributed by atoms with Crippen LogP contribution in [0.25, 0.3) is 0 Å². The van der Waals surface area contributed by atoms with Gasteiger partial charge in [-0.2, -0.15) is 0 Å². The highest BCUT2D eigenvalue weighted by Crippen LogP contribution is 2.49. The zero-order chi connectivity index (χ0) is 32.5. The van der Waals surface area contributed by atoms with Gasteiger partial charge in [-0.3, -0.25) is 19.2 Å². The first-order valence-electron chi connectivity index (χ1n) is 15.5. The normalized spacial score (nSPS) is 30.1. The first-order valence-corrected chi connectivity index (χ1v) is 15.5. The Morgan fingerprint density at radius 2 is 0.674 bits per heavy atom. The van der Waals surface area contributed by atoms with Crippen LogP contribution in [-0.4, -0.2) is 69.2 Å². The number of ether oxygens (including phenoxy) is 8. The summed E-state index contributed by atoms with van der Waals surface area (Å²) in [6.45, 7) is 0. The fraction of sp³-hybridized carbons (Fsp3) is 0.667. The van der Waals surface area contributed by atoms with E-state index < -0.39 is 93.8 Å². The van der Waals surface area contributed by atoms with Crippen molar-refractivity contribution in [2.24, 2.45) is 11.8 Å². The molecule has 7 aliphatic rings. The third kappa shape index (κ3) is 4.88. The lowest BCUT2D eigenvalue weighted by Gasteiger charge is -2.47. The molecular weight excluding hydrogens is 616 g/mol. The van der Waals surface area contributed by atoms with Crippen LogP contribution >= 0.6 is 0 Å². The molecule has 3 aliphatic carbocycles. The quantitative estimate of drug-likeness (QED) is 0.250. The molecule has 0 radical (unpaired) electrons. The topological polar surface area (TPSA) is 217 Å². The van der Waals surface area contributed by atoms with E-state index in [0.29, 0.717) is 51.4 Å². The highest BCUT2D eigenvalue weighted by molar-refractivity contribution is 6.09. The van der Waals surface area contributed by atoms with Gasteiger partial charge in [0, 0.05) is 51.4 Å². The minimum absolute atomic E-state index is 0.245. The maximum absolute atomic E-state index is 13.1. The lowest BCUT2D eigenvalue weighted by Crippen LogP contribution is -2.56. The van der Waals surface area contributed by atoms with Crippen LogP contribution in [0.3, 0.4) is 0 Å². The molecule has 0 atom stereocenters. The number of carbonyl (C=O) groups excluding carboxylic acids is 6. The Morgan fingerprint density at radius 1 is 0.391 bits per heavy atom. The molecule has 16 nitrogen and oxygen atoms in total. The second-order valence-electron chi connectivity index (χ2n) is 12.7. The zero-order valence-corrected chi connectivity index (χ0v) is 24.7. The monoisotopic (exact) mass is 648 g/mol. The average Bonchev–Trinajstić information content (AvgIpc) is 2.98. The van der Waals surface area contributed by atoms with Crippen LogP contribution in [0.4, 0.5) is 0 Å². The van der Waals surface area contributed by atoms with E-state index >= 15 is 0 Å². The van der Waals surface area contributed by atoms with Gasteiger partial charge in [-0.05, 0) is 25.7 Å². The summed E-state index contributed by atoms with van der Waals surface area (Å²) < 4.78 is 43.8. The number of aliphatic hydroxyl groups is 2. The zero-order valence-electron chi connectivity index (χ0n) is 24.7. The molecule has 2 N–H and O–H groups in total. The van der Waals surface area contributed by atoms with Gasteiger partial charge in [0.2, 0.25) is 0 Å². The Bertz CT molecular complexity index is 1320. The van der Waals surface area contributed by atoms with E-state index in [-0.39, 0.29) is 25.7 Å². The van der Waals surface area contributed by atoms with E-state index in [9.17, 15) is 39.0 Å². The molecule has 3 saturated carbocycles. The molecule has 0 bridgehead atoms. The highest BCUT2D eigenvalue weighted by atomic mass is 16.8. The van der Waals surface area contributed by atoms with Gasteiger partial charge >= 0.3 is 35.8 Å². The van der Waals surface area contributed by atoms with Crippen molar-refractivity contribution in [3.8, 4) is 0 Å². The maximum Gasteiger partial charge on any atom is 0.346 e. The molecule has 4 aliphatic heterocycles. The maximum atomic E-state index is 13.1. The van der Waals surface area contributed by atoms with Crippen LogP contribution in [0.15, 0.2) is 23.0 Å². The van der Waals surface area contributed by atoms with E-state index in [1.165, 1.54) is 0 Å². The fourth-order valence-corrected chi connectivity index (χ4v) is 7.29. The van der Waals surface area contributed by atoms with Crippen LogP contribution in [0, 0.1) is 11.8 Å². The smallest absolute Gasteiger partial charge is 0.346 e. The Labute approximate surface area is 260 Å². The lowest BCUT2D eigenvalue weighted by molar-refractivity contribution is -0.305.